The van der Waals surface area contributed by atoms with E-state index in [0.29, 0.717) is 6.54 Å². The molecule has 12 heavy (non-hydrogen) atoms. The summed E-state index contributed by atoms with van der Waals surface area (Å²) >= 11 is 1.64. The van der Waals surface area contributed by atoms with E-state index < -0.39 is 6.36 Å². The van der Waals surface area contributed by atoms with E-state index in [1.807, 2.05) is 6.26 Å². The van der Waals surface area contributed by atoms with Gasteiger partial charge in [0.2, 0.25) is 0 Å². The van der Waals surface area contributed by atoms with Gasteiger partial charge in [0.15, 0.2) is 0 Å². The van der Waals surface area contributed by atoms with Crippen LogP contribution >= 0.6 is 11.8 Å². The Hall–Kier alpha value is 0.0600. The highest BCUT2D eigenvalue weighted by molar-refractivity contribution is 7.98. The van der Waals surface area contributed by atoms with E-state index in [9.17, 15) is 13.2 Å². The van der Waals surface area contributed by atoms with E-state index >= 15 is 0 Å². The molecule has 1 N–H and O–H groups in total. The zero-order chi connectivity index (χ0) is 9.45. The lowest BCUT2D eigenvalue weighted by atomic mass is 10.6. The van der Waals surface area contributed by atoms with Crippen molar-refractivity contribution in [3.8, 4) is 0 Å². The highest BCUT2D eigenvalue weighted by atomic mass is 32.2. The molecule has 0 fully saturated rings. The molecular formula is C6H12F3NOS. The first-order valence-corrected chi connectivity index (χ1v) is 4.86. The molecule has 0 aliphatic carbocycles. The Kier molecular flexibility index (Phi) is 6.60. The number of hydrogen-bond acceptors (Lipinski definition) is 3. The van der Waals surface area contributed by atoms with Crippen LogP contribution in [0.5, 0.6) is 0 Å². The predicted octanol–water partition coefficient (Wildman–Crippen LogP) is 1.48. The van der Waals surface area contributed by atoms with Crippen LogP contribution in [0.15, 0.2) is 0 Å². The van der Waals surface area contributed by atoms with Crippen LogP contribution in [0.4, 0.5) is 13.2 Å². The van der Waals surface area contributed by atoms with Crippen molar-refractivity contribution in [1.29, 1.82) is 0 Å². The molecule has 0 aromatic carbocycles. The third-order valence-corrected chi connectivity index (χ3v) is 1.64. The molecule has 0 heterocycles. The molecule has 0 bridgehead atoms. The standard InChI is InChI=1S/C6H12F3NOS/c1-12-5-3-10-2-4-11-6(7,8)9/h10H,2-5H2,1H3. The van der Waals surface area contributed by atoms with Crippen molar-refractivity contribution in [2.45, 2.75) is 6.36 Å². The summed E-state index contributed by atoms with van der Waals surface area (Å²) in [5, 5.41) is 2.81. The summed E-state index contributed by atoms with van der Waals surface area (Å²) in [6.07, 6.45) is -2.56. The fraction of sp³-hybridized carbons (Fsp3) is 1.00. The third kappa shape index (κ3) is 10.1. The predicted molar refractivity (Wildman–Crippen MR) is 43.3 cm³/mol. The molecule has 0 aromatic rings. The Morgan fingerprint density at radius 3 is 2.50 bits per heavy atom. The summed E-state index contributed by atoms with van der Waals surface area (Å²) in [4.78, 5) is 0. The quantitative estimate of drug-likeness (QED) is 0.661. The zero-order valence-corrected chi connectivity index (χ0v) is 7.60. The lowest BCUT2D eigenvalue weighted by molar-refractivity contribution is -0.323. The van der Waals surface area contributed by atoms with Gasteiger partial charge in [0.1, 0.15) is 0 Å². The van der Waals surface area contributed by atoms with Gasteiger partial charge in [-0.1, -0.05) is 0 Å². The average Bonchev–Trinajstić information content (AvgIpc) is 1.94. The number of nitrogens with one attached hydrogen (secondary N) is 1. The molecule has 74 valence electrons. The minimum atomic E-state index is -4.50. The maximum atomic E-state index is 11.4. The molecule has 0 unspecified atom stereocenters. The molecular weight excluding hydrogens is 191 g/mol. The number of rotatable bonds is 6. The zero-order valence-electron chi connectivity index (χ0n) is 6.78. The summed E-state index contributed by atoms with van der Waals surface area (Å²) < 4.78 is 37.7. The molecule has 0 atom stereocenters. The Bertz CT molecular complexity index is 109. The first-order valence-electron chi connectivity index (χ1n) is 3.46. The van der Waals surface area contributed by atoms with E-state index in [4.69, 9.17) is 0 Å². The third-order valence-electron chi connectivity index (χ3n) is 1.03. The minimum absolute atomic E-state index is 0.236. The fourth-order valence-electron chi connectivity index (χ4n) is 0.538. The fourth-order valence-corrected chi connectivity index (χ4v) is 0.887. The van der Waals surface area contributed by atoms with E-state index in [1.54, 1.807) is 11.8 Å². The van der Waals surface area contributed by atoms with Gasteiger partial charge in [-0.3, -0.25) is 4.74 Å². The first-order chi connectivity index (χ1) is 5.56. The van der Waals surface area contributed by atoms with Gasteiger partial charge >= 0.3 is 6.36 Å². The number of thioether (sulfide) groups is 1. The van der Waals surface area contributed by atoms with Crippen LogP contribution in [0.1, 0.15) is 0 Å². The molecule has 2 nitrogen and oxygen atoms in total. The van der Waals surface area contributed by atoms with Crippen molar-refractivity contribution < 1.29 is 17.9 Å². The Morgan fingerprint density at radius 2 is 2.00 bits per heavy atom. The number of hydrogen-bond donors (Lipinski definition) is 1. The van der Waals surface area contributed by atoms with E-state index in [1.165, 1.54) is 0 Å². The lowest BCUT2D eigenvalue weighted by Crippen LogP contribution is -2.25. The van der Waals surface area contributed by atoms with Crippen LogP contribution in [-0.2, 0) is 4.74 Å². The molecule has 6 heteroatoms. The highest BCUT2D eigenvalue weighted by Gasteiger charge is 2.28. The van der Waals surface area contributed by atoms with Crippen molar-refractivity contribution in [2.24, 2.45) is 0 Å². The van der Waals surface area contributed by atoms with Crippen molar-refractivity contribution in [2.75, 3.05) is 31.7 Å². The van der Waals surface area contributed by atoms with Gasteiger partial charge in [0.05, 0.1) is 6.61 Å². The van der Waals surface area contributed by atoms with E-state index in [0.717, 1.165) is 5.75 Å². The summed E-state index contributed by atoms with van der Waals surface area (Å²) in [7, 11) is 0. The molecule has 0 amide bonds. The van der Waals surface area contributed by atoms with Crippen molar-refractivity contribution >= 4 is 11.8 Å². The molecule has 0 aliphatic heterocycles. The van der Waals surface area contributed by atoms with Gasteiger partial charge in [-0.2, -0.15) is 11.8 Å². The molecule has 0 spiro atoms. The number of halogens is 3. The molecule has 0 rings (SSSR count). The maximum Gasteiger partial charge on any atom is 0.522 e. The Morgan fingerprint density at radius 1 is 1.33 bits per heavy atom. The summed E-state index contributed by atoms with van der Waals surface area (Å²) in [5.74, 6) is 0.895. The molecule has 0 aliphatic rings. The second-order valence-corrected chi connectivity index (χ2v) is 3.02. The average molecular weight is 203 g/mol. The van der Waals surface area contributed by atoms with Crippen molar-refractivity contribution in [3.63, 3.8) is 0 Å². The van der Waals surface area contributed by atoms with Gasteiger partial charge in [-0.25, -0.2) is 0 Å². The topological polar surface area (TPSA) is 21.3 Å². The Labute approximate surface area is 73.8 Å². The van der Waals surface area contributed by atoms with Gasteiger partial charge in [-0.05, 0) is 6.26 Å². The first kappa shape index (κ1) is 12.1. The molecule has 0 saturated heterocycles. The summed E-state index contributed by atoms with van der Waals surface area (Å²) in [6, 6.07) is 0. The molecule has 0 radical (unpaired) electrons. The maximum absolute atomic E-state index is 11.4. The molecule has 0 aromatic heterocycles. The van der Waals surface area contributed by atoms with Gasteiger partial charge < -0.3 is 5.32 Å². The highest BCUT2D eigenvalue weighted by Crippen LogP contribution is 2.14. The lowest BCUT2D eigenvalue weighted by Gasteiger charge is -2.07. The van der Waals surface area contributed by atoms with E-state index in [-0.39, 0.29) is 13.2 Å². The van der Waals surface area contributed by atoms with Crippen molar-refractivity contribution in [1.82, 2.24) is 5.32 Å². The number of ether oxygens (including phenoxy) is 1. The smallest absolute Gasteiger partial charge is 0.314 e. The van der Waals surface area contributed by atoms with Crippen LogP contribution in [0, 0.1) is 0 Å². The van der Waals surface area contributed by atoms with Crippen LogP contribution in [0.3, 0.4) is 0 Å². The van der Waals surface area contributed by atoms with E-state index in [2.05, 4.69) is 10.1 Å². The van der Waals surface area contributed by atoms with Gasteiger partial charge in [0.25, 0.3) is 0 Å². The van der Waals surface area contributed by atoms with Crippen LogP contribution in [0.25, 0.3) is 0 Å². The Balaban J connectivity index is 3.01. The number of alkyl halides is 3. The minimum Gasteiger partial charge on any atom is -0.314 e. The second-order valence-electron chi connectivity index (χ2n) is 2.04. The van der Waals surface area contributed by atoms with Gasteiger partial charge in [-0.15, -0.1) is 13.2 Å². The van der Waals surface area contributed by atoms with Crippen LogP contribution < -0.4 is 5.32 Å². The summed E-state index contributed by atoms with van der Waals surface area (Å²) in [5.41, 5.74) is 0. The largest absolute Gasteiger partial charge is 0.522 e. The van der Waals surface area contributed by atoms with Crippen LogP contribution in [0.2, 0.25) is 0 Å². The second kappa shape index (κ2) is 6.56. The van der Waals surface area contributed by atoms with Gasteiger partial charge in [0, 0.05) is 18.8 Å². The summed E-state index contributed by atoms with van der Waals surface area (Å²) in [6.45, 7) is 0.625. The van der Waals surface area contributed by atoms with Crippen molar-refractivity contribution in [3.05, 3.63) is 0 Å². The SMILES string of the molecule is CSCCNCCOC(F)(F)F. The molecule has 0 saturated carbocycles. The normalized spacial score (nSPS) is 12.0. The van der Waals surface area contributed by atoms with Crippen LogP contribution in [-0.4, -0.2) is 38.1 Å². The monoisotopic (exact) mass is 203 g/mol.